The summed E-state index contributed by atoms with van der Waals surface area (Å²) in [6.07, 6.45) is 2.95. The molecule has 0 unspecified atom stereocenters. The van der Waals surface area contributed by atoms with Gasteiger partial charge >= 0.3 is 0 Å². The van der Waals surface area contributed by atoms with E-state index >= 15 is 0 Å². The summed E-state index contributed by atoms with van der Waals surface area (Å²) >= 11 is 11.8. The fraction of sp³-hybridized carbons (Fsp3) is 0.273. The first-order valence-corrected chi connectivity index (χ1v) is 5.27. The zero-order chi connectivity index (χ0) is 10.6. The van der Waals surface area contributed by atoms with Crippen molar-refractivity contribution in [2.75, 3.05) is 6.54 Å². The van der Waals surface area contributed by atoms with Gasteiger partial charge in [0.15, 0.2) is 0 Å². The minimum absolute atomic E-state index is 0.565. The van der Waals surface area contributed by atoms with Crippen molar-refractivity contribution in [3.05, 3.63) is 39.4 Å². The lowest BCUT2D eigenvalue weighted by Crippen LogP contribution is -2.01. The SMILES string of the molecule is CCC(=Cc1ccc(Cl)cc1Cl)CN. The zero-order valence-electron chi connectivity index (χ0n) is 8.06. The number of rotatable bonds is 3. The molecule has 1 aromatic carbocycles. The fourth-order valence-corrected chi connectivity index (χ4v) is 1.61. The average molecular weight is 230 g/mol. The Morgan fingerprint density at radius 1 is 1.43 bits per heavy atom. The van der Waals surface area contributed by atoms with Crippen LogP contribution in [0.1, 0.15) is 18.9 Å². The van der Waals surface area contributed by atoms with Crippen LogP contribution in [0, 0.1) is 0 Å². The number of nitrogens with two attached hydrogens (primary N) is 1. The second kappa shape index (κ2) is 5.40. The summed E-state index contributed by atoms with van der Waals surface area (Å²) in [4.78, 5) is 0. The quantitative estimate of drug-likeness (QED) is 0.840. The van der Waals surface area contributed by atoms with E-state index in [1.165, 1.54) is 5.57 Å². The Balaban J connectivity index is 3.02. The van der Waals surface area contributed by atoms with Gasteiger partial charge < -0.3 is 5.73 Å². The summed E-state index contributed by atoms with van der Waals surface area (Å²) in [7, 11) is 0. The van der Waals surface area contributed by atoms with E-state index in [0.717, 1.165) is 12.0 Å². The van der Waals surface area contributed by atoms with Crippen LogP contribution in [0.2, 0.25) is 10.0 Å². The van der Waals surface area contributed by atoms with Crippen LogP contribution in [0.3, 0.4) is 0 Å². The number of hydrogen-bond acceptors (Lipinski definition) is 1. The highest BCUT2D eigenvalue weighted by Crippen LogP contribution is 2.23. The maximum absolute atomic E-state index is 6.02. The molecule has 1 aromatic rings. The van der Waals surface area contributed by atoms with Crippen molar-refractivity contribution in [3.63, 3.8) is 0 Å². The van der Waals surface area contributed by atoms with Crippen molar-refractivity contribution in [1.82, 2.24) is 0 Å². The molecule has 0 aliphatic heterocycles. The molecule has 0 aromatic heterocycles. The second-order valence-corrected chi connectivity index (χ2v) is 3.87. The van der Waals surface area contributed by atoms with E-state index < -0.39 is 0 Å². The molecule has 0 aliphatic rings. The lowest BCUT2D eigenvalue weighted by atomic mass is 10.1. The van der Waals surface area contributed by atoms with Gasteiger partial charge in [0.05, 0.1) is 0 Å². The summed E-state index contributed by atoms with van der Waals surface area (Å²) in [6.45, 7) is 2.64. The van der Waals surface area contributed by atoms with Gasteiger partial charge in [-0.15, -0.1) is 0 Å². The first kappa shape index (κ1) is 11.6. The molecule has 0 atom stereocenters. The van der Waals surface area contributed by atoms with E-state index in [4.69, 9.17) is 28.9 Å². The van der Waals surface area contributed by atoms with Crippen LogP contribution in [0.25, 0.3) is 6.08 Å². The third-order valence-electron chi connectivity index (χ3n) is 2.04. The topological polar surface area (TPSA) is 26.0 Å². The minimum Gasteiger partial charge on any atom is -0.327 e. The molecule has 2 N–H and O–H groups in total. The lowest BCUT2D eigenvalue weighted by Gasteiger charge is -2.03. The maximum Gasteiger partial charge on any atom is 0.0493 e. The Morgan fingerprint density at radius 3 is 2.64 bits per heavy atom. The highest BCUT2D eigenvalue weighted by Gasteiger charge is 1.99. The molecule has 0 radical (unpaired) electrons. The Bertz CT molecular complexity index is 339. The van der Waals surface area contributed by atoms with Gasteiger partial charge in [-0.3, -0.25) is 0 Å². The summed E-state index contributed by atoms with van der Waals surface area (Å²) < 4.78 is 0. The van der Waals surface area contributed by atoms with Crippen LogP contribution in [0.15, 0.2) is 23.8 Å². The van der Waals surface area contributed by atoms with Crippen LogP contribution in [-0.2, 0) is 0 Å². The molecule has 0 fully saturated rings. The maximum atomic E-state index is 6.02. The molecule has 0 bridgehead atoms. The first-order valence-electron chi connectivity index (χ1n) is 4.52. The molecule has 14 heavy (non-hydrogen) atoms. The van der Waals surface area contributed by atoms with E-state index in [9.17, 15) is 0 Å². The van der Waals surface area contributed by atoms with Gasteiger partial charge in [-0.1, -0.05) is 47.8 Å². The molecular weight excluding hydrogens is 217 g/mol. The van der Waals surface area contributed by atoms with Crippen molar-refractivity contribution in [3.8, 4) is 0 Å². The van der Waals surface area contributed by atoms with Gasteiger partial charge in [-0.25, -0.2) is 0 Å². The molecule has 0 aliphatic carbocycles. The van der Waals surface area contributed by atoms with Gasteiger partial charge in [-0.2, -0.15) is 0 Å². The van der Waals surface area contributed by atoms with Gasteiger partial charge in [0, 0.05) is 16.6 Å². The predicted molar refractivity (Wildman–Crippen MR) is 63.8 cm³/mol. The Kier molecular flexibility index (Phi) is 4.46. The van der Waals surface area contributed by atoms with Crippen molar-refractivity contribution < 1.29 is 0 Å². The Labute approximate surface area is 94.5 Å². The smallest absolute Gasteiger partial charge is 0.0493 e. The van der Waals surface area contributed by atoms with Crippen LogP contribution < -0.4 is 5.73 Å². The van der Waals surface area contributed by atoms with Crippen molar-refractivity contribution in [2.24, 2.45) is 5.73 Å². The average Bonchev–Trinajstić information content (AvgIpc) is 2.17. The molecule has 1 nitrogen and oxygen atoms in total. The van der Waals surface area contributed by atoms with Crippen LogP contribution in [-0.4, -0.2) is 6.54 Å². The summed E-state index contributed by atoms with van der Waals surface area (Å²) in [5, 5.41) is 1.31. The lowest BCUT2D eigenvalue weighted by molar-refractivity contribution is 1.02. The molecule has 0 spiro atoms. The highest BCUT2D eigenvalue weighted by atomic mass is 35.5. The molecular formula is C11H13Cl2N. The third kappa shape index (κ3) is 3.02. The van der Waals surface area contributed by atoms with Crippen LogP contribution in [0.4, 0.5) is 0 Å². The van der Waals surface area contributed by atoms with Crippen molar-refractivity contribution >= 4 is 29.3 Å². The first-order chi connectivity index (χ1) is 6.67. The van der Waals surface area contributed by atoms with Crippen molar-refractivity contribution in [2.45, 2.75) is 13.3 Å². The second-order valence-electron chi connectivity index (χ2n) is 3.03. The molecule has 0 saturated carbocycles. The molecule has 1 rings (SSSR count). The molecule has 0 heterocycles. The van der Waals surface area contributed by atoms with Gasteiger partial charge in [0.2, 0.25) is 0 Å². The van der Waals surface area contributed by atoms with E-state index in [-0.39, 0.29) is 0 Å². The molecule has 0 saturated heterocycles. The zero-order valence-corrected chi connectivity index (χ0v) is 9.57. The summed E-state index contributed by atoms with van der Waals surface area (Å²) in [5.41, 5.74) is 7.72. The Morgan fingerprint density at radius 2 is 2.14 bits per heavy atom. The number of hydrogen-bond donors (Lipinski definition) is 1. The number of benzene rings is 1. The fourth-order valence-electron chi connectivity index (χ4n) is 1.14. The normalized spacial score (nSPS) is 11.9. The van der Waals surface area contributed by atoms with E-state index in [1.807, 2.05) is 18.2 Å². The van der Waals surface area contributed by atoms with Gasteiger partial charge in [0.25, 0.3) is 0 Å². The van der Waals surface area contributed by atoms with Gasteiger partial charge in [0.1, 0.15) is 0 Å². The summed E-state index contributed by atoms with van der Waals surface area (Å²) in [5.74, 6) is 0. The number of halogens is 2. The minimum atomic E-state index is 0.565. The predicted octanol–water partition coefficient (Wildman–Crippen LogP) is 3.75. The summed E-state index contributed by atoms with van der Waals surface area (Å²) in [6, 6.07) is 5.46. The van der Waals surface area contributed by atoms with Crippen LogP contribution in [0.5, 0.6) is 0 Å². The molecule has 3 heteroatoms. The largest absolute Gasteiger partial charge is 0.327 e. The van der Waals surface area contributed by atoms with E-state index in [1.54, 1.807) is 6.07 Å². The highest BCUT2D eigenvalue weighted by molar-refractivity contribution is 6.35. The van der Waals surface area contributed by atoms with Crippen LogP contribution >= 0.6 is 23.2 Å². The molecule has 0 amide bonds. The van der Waals surface area contributed by atoms with E-state index in [0.29, 0.717) is 16.6 Å². The Hall–Kier alpha value is -0.500. The third-order valence-corrected chi connectivity index (χ3v) is 2.60. The standard InChI is InChI=1S/C11H13Cl2N/c1-2-8(7-14)5-9-3-4-10(12)6-11(9)13/h3-6H,2,7,14H2,1H3. The van der Waals surface area contributed by atoms with Gasteiger partial charge in [-0.05, 0) is 24.1 Å². The monoisotopic (exact) mass is 229 g/mol. The molecule has 76 valence electrons. The van der Waals surface area contributed by atoms with E-state index in [2.05, 4.69) is 6.92 Å². The van der Waals surface area contributed by atoms with Crippen molar-refractivity contribution in [1.29, 1.82) is 0 Å².